The summed E-state index contributed by atoms with van der Waals surface area (Å²) in [5.41, 5.74) is 2.22. The van der Waals surface area contributed by atoms with Crippen molar-refractivity contribution < 1.29 is 9.90 Å². The molecule has 1 fully saturated rings. The molecule has 4 nitrogen and oxygen atoms in total. The van der Waals surface area contributed by atoms with Crippen LogP contribution in [0.15, 0.2) is 18.2 Å². The molecule has 1 aromatic carbocycles. The first-order chi connectivity index (χ1) is 10.2. The van der Waals surface area contributed by atoms with E-state index in [0.717, 1.165) is 23.3 Å². The Morgan fingerprint density at radius 1 is 1.29 bits per heavy atom. The van der Waals surface area contributed by atoms with Crippen LogP contribution in [0.2, 0.25) is 0 Å². The van der Waals surface area contributed by atoms with E-state index in [1.165, 1.54) is 38.5 Å². The molecule has 2 aromatic rings. The van der Waals surface area contributed by atoms with Gasteiger partial charge in [0.15, 0.2) is 0 Å². The molecule has 112 valence electrons. The van der Waals surface area contributed by atoms with Crippen LogP contribution in [-0.4, -0.2) is 20.6 Å². The van der Waals surface area contributed by atoms with Gasteiger partial charge in [0, 0.05) is 12.5 Å². The molecule has 0 spiro atoms. The minimum atomic E-state index is -0.890. The Labute approximate surface area is 124 Å². The Hall–Kier alpha value is -1.84. The summed E-state index contributed by atoms with van der Waals surface area (Å²) in [6, 6.07) is 5.84. The molecule has 0 unspecified atom stereocenters. The summed E-state index contributed by atoms with van der Waals surface area (Å²) in [5, 5.41) is 9.13. The lowest BCUT2D eigenvalue weighted by Crippen LogP contribution is -2.11. The number of aromatic nitrogens is 2. The summed E-state index contributed by atoms with van der Waals surface area (Å²) >= 11 is 0. The fourth-order valence-electron chi connectivity index (χ4n) is 3.45. The van der Waals surface area contributed by atoms with E-state index in [2.05, 4.69) is 16.5 Å². The van der Waals surface area contributed by atoms with Gasteiger partial charge in [0.1, 0.15) is 5.82 Å². The second-order valence-corrected chi connectivity index (χ2v) is 5.91. The van der Waals surface area contributed by atoms with Crippen LogP contribution in [0.25, 0.3) is 11.0 Å². The van der Waals surface area contributed by atoms with Crippen molar-refractivity contribution in [2.24, 2.45) is 0 Å². The van der Waals surface area contributed by atoms with Gasteiger partial charge in [-0.15, -0.1) is 0 Å². The van der Waals surface area contributed by atoms with E-state index in [1.807, 2.05) is 6.07 Å². The highest BCUT2D eigenvalue weighted by molar-refractivity contribution is 5.92. The van der Waals surface area contributed by atoms with Crippen molar-refractivity contribution in [2.75, 3.05) is 0 Å². The highest BCUT2D eigenvalue weighted by Crippen LogP contribution is 2.32. The van der Waals surface area contributed by atoms with Crippen LogP contribution in [0.1, 0.15) is 67.7 Å². The van der Waals surface area contributed by atoms with Crippen molar-refractivity contribution in [1.29, 1.82) is 0 Å². The Kier molecular flexibility index (Phi) is 3.95. The summed E-state index contributed by atoms with van der Waals surface area (Å²) in [7, 11) is 0. The molecule has 0 amide bonds. The molecule has 4 heteroatoms. The second-order valence-electron chi connectivity index (χ2n) is 5.91. The van der Waals surface area contributed by atoms with Crippen LogP contribution in [-0.2, 0) is 6.42 Å². The number of hydrogen-bond acceptors (Lipinski definition) is 2. The Balaban J connectivity index is 2.09. The van der Waals surface area contributed by atoms with Gasteiger partial charge in [-0.3, -0.25) is 0 Å². The molecule has 1 aliphatic carbocycles. The summed E-state index contributed by atoms with van der Waals surface area (Å²) in [6.45, 7) is 2.12. The third-order valence-corrected chi connectivity index (χ3v) is 4.52. The van der Waals surface area contributed by atoms with E-state index in [1.54, 1.807) is 12.1 Å². The minimum absolute atomic E-state index is 0.315. The van der Waals surface area contributed by atoms with Crippen LogP contribution < -0.4 is 0 Å². The van der Waals surface area contributed by atoms with Gasteiger partial charge in [0.05, 0.1) is 16.6 Å². The van der Waals surface area contributed by atoms with Gasteiger partial charge in [0.2, 0.25) is 0 Å². The number of carbonyl (C=O) groups is 1. The number of nitrogens with zero attached hydrogens (tertiary/aromatic N) is 2. The highest BCUT2D eigenvalue weighted by Gasteiger charge is 2.20. The smallest absolute Gasteiger partial charge is 0.335 e. The van der Waals surface area contributed by atoms with Crippen LogP contribution in [0, 0.1) is 0 Å². The molecule has 1 aromatic heterocycles. The van der Waals surface area contributed by atoms with Crippen molar-refractivity contribution in [2.45, 2.75) is 57.9 Å². The molecule has 1 heterocycles. The van der Waals surface area contributed by atoms with E-state index >= 15 is 0 Å². The first-order valence-corrected chi connectivity index (χ1v) is 7.95. The zero-order valence-electron chi connectivity index (χ0n) is 12.5. The normalized spacial score (nSPS) is 17.0. The quantitative estimate of drug-likeness (QED) is 0.861. The molecule has 3 rings (SSSR count). The van der Waals surface area contributed by atoms with E-state index in [9.17, 15) is 4.79 Å². The first kappa shape index (κ1) is 14.1. The monoisotopic (exact) mass is 286 g/mol. The summed E-state index contributed by atoms with van der Waals surface area (Å²) in [6.07, 6.45) is 8.51. The van der Waals surface area contributed by atoms with Crippen LogP contribution in [0.5, 0.6) is 0 Å². The second kappa shape index (κ2) is 5.88. The van der Waals surface area contributed by atoms with Gasteiger partial charge in [-0.1, -0.05) is 32.6 Å². The molecule has 21 heavy (non-hydrogen) atoms. The number of aromatic carboxylic acids is 1. The first-order valence-electron chi connectivity index (χ1n) is 7.95. The summed E-state index contributed by atoms with van der Waals surface area (Å²) < 4.78 is 2.37. The van der Waals surface area contributed by atoms with E-state index in [4.69, 9.17) is 5.11 Å². The number of carboxylic acids is 1. The molecule has 0 aliphatic heterocycles. The largest absolute Gasteiger partial charge is 0.478 e. The van der Waals surface area contributed by atoms with Crippen molar-refractivity contribution in [3.8, 4) is 0 Å². The predicted molar refractivity (Wildman–Crippen MR) is 82.8 cm³/mol. The van der Waals surface area contributed by atoms with Crippen LogP contribution in [0.4, 0.5) is 0 Å². The van der Waals surface area contributed by atoms with Gasteiger partial charge in [-0.25, -0.2) is 9.78 Å². The Morgan fingerprint density at radius 3 is 2.62 bits per heavy atom. The Morgan fingerprint density at radius 2 is 2.00 bits per heavy atom. The molecule has 1 saturated carbocycles. The lowest BCUT2D eigenvalue weighted by atomic mass is 10.1. The highest BCUT2D eigenvalue weighted by atomic mass is 16.4. The number of carboxylic acid groups (broad SMARTS) is 1. The number of hydrogen-bond donors (Lipinski definition) is 1. The summed E-state index contributed by atoms with van der Waals surface area (Å²) in [4.78, 5) is 15.8. The maximum Gasteiger partial charge on any atom is 0.335 e. The topological polar surface area (TPSA) is 55.1 Å². The molecule has 0 bridgehead atoms. The van der Waals surface area contributed by atoms with Crippen molar-refractivity contribution in [3.05, 3.63) is 29.6 Å². The standard InChI is InChI=1S/C17H22N2O2/c1-2-16-18-14-11-12(17(20)21)9-10-15(14)19(16)13-7-5-3-4-6-8-13/h9-11,13H,2-8H2,1H3,(H,20,21). The molecule has 0 radical (unpaired) electrons. The zero-order valence-corrected chi connectivity index (χ0v) is 12.5. The maximum atomic E-state index is 11.1. The Bertz CT molecular complexity index is 652. The van der Waals surface area contributed by atoms with E-state index < -0.39 is 5.97 Å². The fraction of sp³-hybridized carbons (Fsp3) is 0.529. The van der Waals surface area contributed by atoms with Gasteiger partial charge in [-0.2, -0.15) is 0 Å². The lowest BCUT2D eigenvalue weighted by molar-refractivity contribution is 0.0697. The van der Waals surface area contributed by atoms with Crippen LogP contribution >= 0.6 is 0 Å². The van der Waals surface area contributed by atoms with Crippen LogP contribution in [0.3, 0.4) is 0 Å². The van der Waals surface area contributed by atoms with Gasteiger partial charge >= 0.3 is 5.97 Å². The van der Waals surface area contributed by atoms with E-state index in [0.29, 0.717) is 11.6 Å². The minimum Gasteiger partial charge on any atom is -0.478 e. The summed E-state index contributed by atoms with van der Waals surface area (Å²) in [5.74, 6) is 0.193. The number of fused-ring (bicyclic) bond motifs is 1. The number of benzene rings is 1. The average Bonchev–Trinajstić information content (AvgIpc) is 2.66. The third kappa shape index (κ3) is 2.67. The van der Waals surface area contributed by atoms with E-state index in [-0.39, 0.29) is 0 Å². The lowest BCUT2D eigenvalue weighted by Gasteiger charge is -2.19. The number of rotatable bonds is 3. The van der Waals surface area contributed by atoms with Gasteiger partial charge in [-0.05, 0) is 31.0 Å². The van der Waals surface area contributed by atoms with Gasteiger partial charge in [0.25, 0.3) is 0 Å². The average molecular weight is 286 g/mol. The molecular weight excluding hydrogens is 264 g/mol. The van der Waals surface area contributed by atoms with Crippen molar-refractivity contribution >= 4 is 17.0 Å². The van der Waals surface area contributed by atoms with Crippen molar-refractivity contribution in [1.82, 2.24) is 9.55 Å². The molecule has 0 atom stereocenters. The maximum absolute atomic E-state index is 11.1. The third-order valence-electron chi connectivity index (χ3n) is 4.52. The molecule has 0 saturated heterocycles. The SMILES string of the molecule is CCc1nc2cc(C(=O)O)ccc2n1C1CCCCCC1. The molecule has 1 N–H and O–H groups in total. The number of imidazole rings is 1. The fourth-order valence-corrected chi connectivity index (χ4v) is 3.45. The predicted octanol–water partition coefficient (Wildman–Crippen LogP) is 4.19. The molecular formula is C17H22N2O2. The van der Waals surface area contributed by atoms with Gasteiger partial charge < -0.3 is 9.67 Å². The zero-order chi connectivity index (χ0) is 14.8. The molecule has 1 aliphatic rings. The van der Waals surface area contributed by atoms with Crippen molar-refractivity contribution in [3.63, 3.8) is 0 Å². The number of aryl methyl sites for hydroxylation is 1.